The van der Waals surface area contributed by atoms with Crippen LogP contribution in [0.4, 0.5) is 5.69 Å². The highest BCUT2D eigenvalue weighted by atomic mass is 32.2. The Morgan fingerprint density at radius 2 is 1.86 bits per heavy atom. The van der Waals surface area contributed by atoms with Crippen molar-refractivity contribution in [2.45, 2.75) is 30.8 Å². The van der Waals surface area contributed by atoms with Gasteiger partial charge in [-0.15, -0.1) is 0 Å². The van der Waals surface area contributed by atoms with E-state index in [0.29, 0.717) is 5.56 Å². The van der Waals surface area contributed by atoms with Crippen molar-refractivity contribution in [2.24, 2.45) is 5.14 Å². The van der Waals surface area contributed by atoms with Crippen molar-refractivity contribution in [1.29, 1.82) is 0 Å². The SMILES string of the molecule is Cc1ccc(NC(=O)COC(=O)[C@@H]2Cc3ccccc3CN2C(=O)c2ccco2)cc1S(N)(=O)=O. The molecule has 4 rings (SSSR count). The van der Waals surface area contributed by atoms with Gasteiger partial charge in [0.2, 0.25) is 10.0 Å². The molecule has 0 saturated heterocycles. The van der Waals surface area contributed by atoms with Crippen molar-refractivity contribution < 1.29 is 32.0 Å². The molecule has 1 atom stereocenters. The molecule has 2 amide bonds. The molecule has 0 saturated carbocycles. The molecule has 0 aliphatic carbocycles. The average Bonchev–Trinajstić information content (AvgIpc) is 3.37. The van der Waals surface area contributed by atoms with E-state index < -0.39 is 40.5 Å². The Kier molecular flexibility index (Phi) is 6.72. The van der Waals surface area contributed by atoms with Crippen LogP contribution in [-0.2, 0) is 37.3 Å². The summed E-state index contributed by atoms with van der Waals surface area (Å²) in [5.74, 6) is -1.80. The molecule has 3 N–H and O–H groups in total. The highest BCUT2D eigenvalue weighted by Crippen LogP contribution is 2.26. The lowest BCUT2D eigenvalue weighted by Gasteiger charge is -2.34. The molecule has 0 radical (unpaired) electrons. The van der Waals surface area contributed by atoms with Crippen LogP contribution < -0.4 is 10.5 Å². The third-order valence-electron chi connectivity index (χ3n) is 5.64. The molecule has 3 aromatic rings. The number of benzene rings is 2. The summed E-state index contributed by atoms with van der Waals surface area (Å²) in [6.45, 7) is 1.13. The molecule has 0 unspecified atom stereocenters. The van der Waals surface area contributed by atoms with E-state index in [9.17, 15) is 22.8 Å². The first-order valence-corrected chi connectivity index (χ1v) is 12.2. The number of hydrogen-bond acceptors (Lipinski definition) is 7. The molecule has 2 aromatic carbocycles. The van der Waals surface area contributed by atoms with E-state index in [2.05, 4.69) is 5.32 Å². The quantitative estimate of drug-likeness (QED) is 0.495. The van der Waals surface area contributed by atoms with Gasteiger partial charge in [-0.05, 0) is 47.9 Å². The number of anilines is 1. The van der Waals surface area contributed by atoms with E-state index in [4.69, 9.17) is 14.3 Å². The molecule has 0 fully saturated rings. The van der Waals surface area contributed by atoms with Crippen LogP contribution in [0.5, 0.6) is 0 Å². The zero-order chi connectivity index (χ0) is 25.2. The summed E-state index contributed by atoms with van der Waals surface area (Å²) in [5, 5.41) is 7.68. The van der Waals surface area contributed by atoms with Gasteiger partial charge in [-0.1, -0.05) is 30.3 Å². The number of carbonyl (C=O) groups excluding carboxylic acids is 3. The predicted octanol–water partition coefficient (Wildman–Crippen LogP) is 1.98. The fourth-order valence-electron chi connectivity index (χ4n) is 3.90. The van der Waals surface area contributed by atoms with Crippen LogP contribution in [-0.4, -0.2) is 43.8 Å². The van der Waals surface area contributed by atoms with Crippen LogP contribution in [0.2, 0.25) is 0 Å². The Bertz CT molecular complexity index is 1380. The Morgan fingerprint density at radius 3 is 2.54 bits per heavy atom. The van der Waals surface area contributed by atoms with Gasteiger partial charge in [0.1, 0.15) is 6.04 Å². The maximum absolute atomic E-state index is 13.0. The molecule has 1 aromatic heterocycles. The Labute approximate surface area is 201 Å². The third kappa shape index (κ3) is 5.42. The number of fused-ring (bicyclic) bond motifs is 1. The normalized spacial score (nSPS) is 15.3. The molecule has 2 heterocycles. The zero-order valence-corrected chi connectivity index (χ0v) is 19.6. The van der Waals surface area contributed by atoms with Crippen LogP contribution in [0.15, 0.2) is 70.2 Å². The van der Waals surface area contributed by atoms with Gasteiger partial charge in [0.15, 0.2) is 12.4 Å². The molecule has 1 aliphatic heterocycles. The number of nitrogens with one attached hydrogen (secondary N) is 1. The number of furan rings is 1. The van der Waals surface area contributed by atoms with Gasteiger partial charge in [-0.25, -0.2) is 18.4 Å². The standard InChI is InChI=1S/C24H23N3O7S/c1-15-8-9-18(12-21(15)35(25,31)32)26-22(28)14-34-24(30)19-11-16-5-2-3-6-17(16)13-27(19)23(29)20-7-4-10-33-20/h2-10,12,19H,11,13-14H2,1H3,(H,26,28)(H2,25,31,32)/t19-/m0/s1. The number of nitrogens with zero attached hydrogens (tertiary/aromatic N) is 1. The monoisotopic (exact) mass is 497 g/mol. The Morgan fingerprint density at radius 1 is 1.11 bits per heavy atom. The number of amides is 2. The zero-order valence-electron chi connectivity index (χ0n) is 18.8. The van der Waals surface area contributed by atoms with Gasteiger partial charge < -0.3 is 19.4 Å². The number of rotatable bonds is 6. The van der Waals surface area contributed by atoms with E-state index in [1.807, 2.05) is 24.3 Å². The summed E-state index contributed by atoms with van der Waals surface area (Å²) in [6, 6.07) is 13.8. The summed E-state index contributed by atoms with van der Waals surface area (Å²) >= 11 is 0. The van der Waals surface area contributed by atoms with Crippen molar-refractivity contribution in [3.8, 4) is 0 Å². The second-order valence-electron chi connectivity index (χ2n) is 8.08. The largest absolute Gasteiger partial charge is 0.459 e. The lowest BCUT2D eigenvalue weighted by Crippen LogP contribution is -2.49. The second kappa shape index (κ2) is 9.72. The van der Waals surface area contributed by atoms with Crippen molar-refractivity contribution in [3.05, 3.63) is 83.3 Å². The number of carbonyl (C=O) groups is 3. The van der Waals surface area contributed by atoms with Gasteiger partial charge in [0.05, 0.1) is 11.2 Å². The van der Waals surface area contributed by atoms with E-state index >= 15 is 0 Å². The van der Waals surface area contributed by atoms with Crippen molar-refractivity contribution in [3.63, 3.8) is 0 Å². The minimum absolute atomic E-state index is 0.0879. The minimum atomic E-state index is -3.97. The molecular weight excluding hydrogens is 474 g/mol. The molecule has 10 nitrogen and oxygen atoms in total. The lowest BCUT2D eigenvalue weighted by atomic mass is 9.93. The number of aryl methyl sites for hydroxylation is 1. The minimum Gasteiger partial charge on any atom is -0.459 e. The molecule has 11 heteroatoms. The van der Waals surface area contributed by atoms with Crippen molar-refractivity contribution >= 4 is 33.5 Å². The topological polar surface area (TPSA) is 149 Å². The fraction of sp³-hybridized carbons (Fsp3) is 0.208. The molecule has 0 spiro atoms. The van der Waals surface area contributed by atoms with Crippen LogP contribution in [0.3, 0.4) is 0 Å². The Balaban J connectivity index is 1.46. The number of primary sulfonamides is 1. The second-order valence-corrected chi connectivity index (χ2v) is 9.61. The Hall–Kier alpha value is -3.96. The van der Waals surface area contributed by atoms with Crippen molar-refractivity contribution in [1.82, 2.24) is 4.90 Å². The first-order valence-electron chi connectivity index (χ1n) is 10.6. The fourth-order valence-corrected chi connectivity index (χ4v) is 4.71. The predicted molar refractivity (Wildman–Crippen MR) is 125 cm³/mol. The lowest BCUT2D eigenvalue weighted by molar-refractivity contribution is -0.152. The van der Waals surface area contributed by atoms with E-state index in [-0.39, 0.29) is 29.3 Å². The van der Waals surface area contributed by atoms with Gasteiger partial charge in [0.25, 0.3) is 11.8 Å². The number of sulfonamides is 1. The van der Waals surface area contributed by atoms with Crippen LogP contribution in [0, 0.1) is 6.92 Å². The van der Waals surface area contributed by atoms with E-state index in [1.54, 1.807) is 13.0 Å². The number of hydrogen-bond donors (Lipinski definition) is 2. The van der Waals surface area contributed by atoms with Crippen LogP contribution in [0.1, 0.15) is 27.2 Å². The van der Waals surface area contributed by atoms with Crippen LogP contribution >= 0.6 is 0 Å². The van der Waals surface area contributed by atoms with Gasteiger partial charge in [-0.3, -0.25) is 9.59 Å². The summed E-state index contributed by atoms with van der Waals surface area (Å²) in [5.41, 5.74) is 2.41. The first-order chi connectivity index (χ1) is 16.6. The molecule has 0 bridgehead atoms. The summed E-state index contributed by atoms with van der Waals surface area (Å²) in [4.78, 5) is 39.6. The first kappa shape index (κ1) is 24.2. The van der Waals surface area contributed by atoms with Crippen molar-refractivity contribution in [2.75, 3.05) is 11.9 Å². The van der Waals surface area contributed by atoms with Gasteiger partial charge in [0, 0.05) is 18.7 Å². The number of nitrogens with two attached hydrogens (primary N) is 1. The molecule has 182 valence electrons. The van der Waals surface area contributed by atoms with E-state index in [1.165, 1.54) is 35.4 Å². The number of esters is 1. The van der Waals surface area contributed by atoms with Crippen LogP contribution in [0.25, 0.3) is 0 Å². The van der Waals surface area contributed by atoms with Gasteiger partial charge in [-0.2, -0.15) is 0 Å². The molecule has 35 heavy (non-hydrogen) atoms. The summed E-state index contributed by atoms with van der Waals surface area (Å²) in [6.07, 6.45) is 1.59. The maximum atomic E-state index is 13.0. The van der Waals surface area contributed by atoms with E-state index in [0.717, 1.165) is 11.1 Å². The highest BCUT2D eigenvalue weighted by Gasteiger charge is 2.37. The molecular formula is C24H23N3O7S. The summed E-state index contributed by atoms with van der Waals surface area (Å²) in [7, 11) is -3.97. The van der Waals surface area contributed by atoms with Gasteiger partial charge >= 0.3 is 5.97 Å². The highest BCUT2D eigenvalue weighted by molar-refractivity contribution is 7.89. The smallest absolute Gasteiger partial charge is 0.329 e. The summed E-state index contributed by atoms with van der Waals surface area (Å²) < 4.78 is 33.8. The average molecular weight is 498 g/mol. The molecule has 1 aliphatic rings. The number of ether oxygens (including phenoxy) is 1. The third-order valence-corrected chi connectivity index (χ3v) is 6.69. The maximum Gasteiger partial charge on any atom is 0.329 e.